The van der Waals surface area contributed by atoms with Crippen LogP contribution in [0.15, 0.2) is 106 Å². The Morgan fingerprint density at radius 3 is 2.44 bits per heavy atom. The first kappa shape index (κ1) is 37.3. The van der Waals surface area contributed by atoms with E-state index in [4.69, 9.17) is 13.9 Å². The number of piperazine rings is 1. The zero-order valence-electron chi connectivity index (χ0n) is 31.2. The van der Waals surface area contributed by atoms with Gasteiger partial charge in [-0.2, -0.15) is 0 Å². The number of phenolic OH excluding ortho intramolecular Hbond substituents is 2. The molecule has 1 atom stereocenters. The maximum atomic E-state index is 14.0. The average molecular weight is 742 g/mol. The number of aromatic nitrogens is 1. The maximum absolute atomic E-state index is 14.0. The van der Waals surface area contributed by atoms with Crippen LogP contribution in [0.25, 0.3) is 39.5 Å². The van der Waals surface area contributed by atoms with E-state index in [-0.39, 0.29) is 58.2 Å². The van der Waals surface area contributed by atoms with Crippen LogP contribution in [-0.2, 0) is 19.3 Å². The molecule has 3 heterocycles. The van der Waals surface area contributed by atoms with Gasteiger partial charge in [-0.1, -0.05) is 73.7 Å². The number of fused-ring (bicyclic) bond motifs is 1. The van der Waals surface area contributed by atoms with Crippen molar-refractivity contribution in [2.75, 3.05) is 44.8 Å². The summed E-state index contributed by atoms with van der Waals surface area (Å²) in [7, 11) is 1.42. The summed E-state index contributed by atoms with van der Waals surface area (Å²) in [6.07, 6.45) is 4.68. The molecular formula is C45H47N3O7. The largest absolute Gasteiger partial charge is 0.508 e. The molecule has 1 unspecified atom stereocenters. The van der Waals surface area contributed by atoms with E-state index in [0.717, 1.165) is 60.7 Å². The van der Waals surface area contributed by atoms with Crippen molar-refractivity contribution in [2.24, 2.45) is 0 Å². The van der Waals surface area contributed by atoms with E-state index in [9.17, 15) is 20.1 Å². The Hall–Kier alpha value is -5.97. The summed E-state index contributed by atoms with van der Waals surface area (Å²) in [5, 5.41) is 36.0. The predicted molar refractivity (Wildman–Crippen MR) is 217 cm³/mol. The predicted octanol–water partition coefficient (Wildman–Crippen LogP) is 7.48. The molecule has 0 saturated carbocycles. The van der Waals surface area contributed by atoms with Gasteiger partial charge in [0, 0.05) is 61.1 Å². The molecule has 1 aliphatic rings. The summed E-state index contributed by atoms with van der Waals surface area (Å²) in [6, 6.07) is 28.0. The molecule has 1 aliphatic heterocycles. The number of methoxy groups -OCH3 is 1. The zero-order valence-corrected chi connectivity index (χ0v) is 31.2. The van der Waals surface area contributed by atoms with Gasteiger partial charge in [0.05, 0.1) is 19.8 Å². The van der Waals surface area contributed by atoms with Crippen molar-refractivity contribution in [1.82, 2.24) is 10.3 Å². The van der Waals surface area contributed by atoms with Crippen LogP contribution in [0.5, 0.6) is 23.0 Å². The number of aryl methyl sites for hydroxylation is 3. The van der Waals surface area contributed by atoms with Gasteiger partial charge in [0.25, 0.3) is 0 Å². The van der Waals surface area contributed by atoms with Crippen LogP contribution in [-0.4, -0.2) is 66.3 Å². The summed E-state index contributed by atoms with van der Waals surface area (Å²) in [6.45, 7) is 5.90. The van der Waals surface area contributed by atoms with Crippen LogP contribution < -0.4 is 25.1 Å². The number of nitrogens with one attached hydrogen (secondary N) is 2. The molecule has 0 amide bonds. The highest BCUT2D eigenvalue weighted by Gasteiger charge is 2.26. The molecule has 2 aromatic heterocycles. The number of ether oxygens (including phenoxy) is 2. The van der Waals surface area contributed by atoms with Gasteiger partial charge in [0.1, 0.15) is 28.3 Å². The van der Waals surface area contributed by atoms with E-state index in [2.05, 4.69) is 46.4 Å². The normalized spacial score (nSPS) is 13.8. The molecule has 10 heteroatoms. The number of anilines is 1. The van der Waals surface area contributed by atoms with Crippen LogP contribution in [0.4, 0.5) is 5.82 Å². The first-order valence-corrected chi connectivity index (χ1v) is 18.8. The fourth-order valence-corrected chi connectivity index (χ4v) is 7.09. The van der Waals surface area contributed by atoms with Crippen LogP contribution >= 0.6 is 0 Å². The monoisotopic (exact) mass is 741 g/mol. The summed E-state index contributed by atoms with van der Waals surface area (Å²) in [5.41, 5.74) is 6.22. The Balaban J connectivity index is 1.22. The molecule has 0 aliphatic carbocycles. The second-order valence-corrected chi connectivity index (χ2v) is 13.7. The van der Waals surface area contributed by atoms with Gasteiger partial charge < -0.3 is 44.4 Å². The van der Waals surface area contributed by atoms with Crippen molar-refractivity contribution in [1.29, 1.82) is 0 Å². The Morgan fingerprint density at radius 2 is 1.69 bits per heavy atom. The Labute approximate surface area is 320 Å². The first-order valence-electron chi connectivity index (χ1n) is 18.8. The van der Waals surface area contributed by atoms with Crippen LogP contribution in [0.1, 0.15) is 35.7 Å². The molecule has 7 rings (SSSR count). The second kappa shape index (κ2) is 17.0. The number of phenols is 2. The third kappa shape index (κ3) is 8.41. The van der Waals surface area contributed by atoms with E-state index in [1.165, 1.54) is 31.0 Å². The summed E-state index contributed by atoms with van der Waals surface area (Å²) < 4.78 is 18.3. The van der Waals surface area contributed by atoms with Gasteiger partial charge in [-0.25, -0.2) is 0 Å². The fraction of sp³-hybridized carbons (Fsp3) is 0.267. The Kier molecular flexibility index (Phi) is 11.6. The Morgan fingerprint density at radius 1 is 0.909 bits per heavy atom. The molecule has 0 bridgehead atoms. The van der Waals surface area contributed by atoms with Crippen molar-refractivity contribution in [3.8, 4) is 45.4 Å². The van der Waals surface area contributed by atoms with Gasteiger partial charge in [-0.3, -0.25) is 4.79 Å². The van der Waals surface area contributed by atoms with Crippen molar-refractivity contribution < 1.29 is 29.2 Å². The average Bonchev–Trinajstić information content (AvgIpc) is 3.66. The first-order chi connectivity index (χ1) is 26.8. The molecule has 10 nitrogen and oxygen atoms in total. The van der Waals surface area contributed by atoms with Gasteiger partial charge in [0.15, 0.2) is 16.9 Å². The number of nitrogens with zero attached hydrogens (tertiary/aromatic N) is 1. The van der Waals surface area contributed by atoms with Crippen molar-refractivity contribution >= 4 is 22.9 Å². The number of aliphatic hydroxyl groups is 1. The number of aliphatic hydroxyl groups excluding tert-OH is 1. The summed E-state index contributed by atoms with van der Waals surface area (Å²) >= 11 is 0. The van der Waals surface area contributed by atoms with Crippen molar-refractivity contribution in [3.63, 3.8) is 0 Å². The van der Waals surface area contributed by atoms with Gasteiger partial charge >= 0.3 is 0 Å². The minimum atomic E-state index is -0.814. The molecule has 6 aromatic rings. The molecule has 0 spiro atoms. The van der Waals surface area contributed by atoms with Crippen LogP contribution in [0.2, 0.25) is 0 Å². The second-order valence-electron chi connectivity index (χ2n) is 13.7. The van der Waals surface area contributed by atoms with Crippen molar-refractivity contribution in [3.05, 3.63) is 130 Å². The maximum Gasteiger partial charge on any atom is 0.204 e. The quantitative estimate of drug-likeness (QED) is 0.0769. The minimum absolute atomic E-state index is 0.0235. The molecule has 4 aromatic carbocycles. The number of rotatable bonds is 14. The van der Waals surface area contributed by atoms with Gasteiger partial charge in [-0.15, -0.1) is 0 Å². The van der Waals surface area contributed by atoms with Gasteiger partial charge in [0.2, 0.25) is 5.75 Å². The highest BCUT2D eigenvalue weighted by Crippen LogP contribution is 2.46. The number of benzene rings is 4. The smallest absolute Gasteiger partial charge is 0.204 e. The van der Waals surface area contributed by atoms with E-state index < -0.39 is 6.10 Å². The highest BCUT2D eigenvalue weighted by molar-refractivity contribution is 5.93. The molecule has 55 heavy (non-hydrogen) atoms. The number of aromatic amines is 1. The lowest BCUT2D eigenvalue weighted by Crippen LogP contribution is -2.43. The summed E-state index contributed by atoms with van der Waals surface area (Å²) in [5.74, 6) is 1.37. The number of H-pyrrole nitrogens is 1. The molecule has 5 N–H and O–H groups in total. The number of aromatic hydroxyl groups is 2. The van der Waals surface area contributed by atoms with E-state index in [0.29, 0.717) is 24.0 Å². The van der Waals surface area contributed by atoms with Gasteiger partial charge in [-0.05, 0) is 66.3 Å². The molecule has 284 valence electrons. The number of hydrogen-bond acceptors (Lipinski definition) is 9. The highest BCUT2D eigenvalue weighted by atomic mass is 16.5. The lowest BCUT2D eigenvalue weighted by molar-refractivity contribution is 0.177. The summed E-state index contributed by atoms with van der Waals surface area (Å²) in [4.78, 5) is 20.1. The van der Waals surface area contributed by atoms with Crippen LogP contribution in [0.3, 0.4) is 0 Å². The van der Waals surface area contributed by atoms with E-state index in [1.54, 1.807) is 18.2 Å². The van der Waals surface area contributed by atoms with Crippen molar-refractivity contribution in [2.45, 2.75) is 38.7 Å². The molecule has 1 fully saturated rings. The molecular weight excluding hydrogens is 695 g/mol. The Bertz CT molecular complexity index is 2320. The van der Waals surface area contributed by atoms with E-state index in [1.807, 2.05) is 42.5 Å². The fourth-order valence-electron chi connectivity index (χ4n) is 7.09. The lowest BCUT2D eigenvalue weighted by atomic mass is 9.97. The minimum Gasteiger partial charge on any atom is -0.508 e. The van der Waals surface area contributed by atoms with Crippen LogP contribution in [0, 0.1) is 0 Å². The molecule has 0 radical (unpaired) electrons. The molecule has 1 saturated heterocycles. The third-order valence-corrected chi connectivity index (χ3v) is 10.1. The third-order valence-electron chi connectivity index (χ3n) is 10.1. The van der Waals surface area contributed by atoms with E-state index >= 15 is 0 Å². The zero-order chi connectivity index (χ0) is 38.3. The SMILES string of the molecule is CCc1cc(-c2cccc(CCc3c(O)c(OC)c(OCCC(O)C=Cc4ccccc4)c4c(=O)cc(-c5ccc(O)cc5)oc34)c2)c(N2CCNCC2)[nH]1. The lowest BCUT2D eigenvalue weighted by Gasteiger charge is -2.29. The topological polar surface area (TPSA) is 140 Å². The standard InChI is InChI=1S/C45H47N3O7/c1-3-33-27-37(45(47-33)48-23-21-46-22-24-48)32-11-7-10-30(26-32)13-19-36-41(52)44(53-2)43(54-25-20-35(50)16-12-29-8-5-4-6-9-29)40-38(51)28-39(55-42(36)40)31-14-17-34(49)18-15-31/h4-12,14-18,26-28,35,46-47,49-50,52H,3,13,19-25H2,1-2H3. The number of hydrogen-bond donors (Lipinski definition) is 5.